The molecule has 20 heavy (non-hydrogen) atoms. The van der Waals surface area contributed by atoms with Crippen molar-refractivity contribution >= 4 is 6.03 Å². The summed E-state index contributed by atoms with van der Waals surface area (Å²) in [7, 11) is 1.84. The van der Waals surface area contributed by atoms with Crippen LogP contribution in [0.15, 0.2) is 24.4 Å². The molecule has 4 nitrogen and oxygen atoms in total. The fourth-order valence-electron chi connectivity index (χ4n) is 2.70. The highest BCUT2D eigenvalue weighted by atomic mass is 16.2. The van der Waals surface area contributed by atoms with Crippen molar-refractivity contribution in [2.45, 2.75) is 57.5 Å². The van der Waals surface area contributed by atoms with Gasteiger partial charge in [-0.25, -0.2) is 4.79 Å². The Balaban J connectivity index is 1.91. The van der Waals surface area contributed by atoms with Crippen LogP contribution in [0.25, 0.3) is 0 Å². The van der Waals surface area contributed by atoms with Crippen LogP contribution in [-0.2, 0) is 0 Å². The predicted octanol–water partition coefficient (Wildman–Crippen LogP) is 3.51. The highest BCUT2D eigenvalue weighted by molar-refractivity contribution is 5.74. The molecule has 4 heteroatoms. The number of carbonyl (C=O) groups excluding carboxylic acids is 1. The maximum Gasteiger partial charge on any atom is 0.317 e. The summed E-state index contributed by atoms with van der Waals surface area (Å²) < 4.78 is 0. The van der Waals surface area contributed by atoms with Gasteiger partial charge in [0.25, 0.3) is 0 Å². The number of amides is 2. The molecule has 0 saturated heterocycles. The van der Waals surface area contributed by atoms with Gasteiger partial charge < -0.3 is 10.2 Å². The summed E-state index contributed by atoms with van der Waals surface area (Å²) in [5, 5.41) is 3.17. The molecule has 1 fully saturated rings. The number of carbonyl (C=O) groups is 1. The van der Waals surface area contributed by atoms with Crippen LogP contribution in [0.3, 0.4) is 0 Å². The van der Waals surface area contributed by atoms with E-state index in [1.165, 1.54) is 25.7 Å². The highest BCUT2D eigenvalue weighted by Crippen LogP contribution is 2.19. The van der Waals surface area contributed by atoms with Crippen molar-refractivity contribution in [2.24, 2.45) is 0 Å². The lowest BCUT2D eigenvalue weighted by Gasteiger charge is -2.27. The first-order valence-electron chi connectivity index (χ1n) is 7.62. The van der Waals surface area contributed by atoms with E-state index in [-0.39, 0.29) is 12.1 Å². The molecule has 1 aliphatic rings. The van der Waals surface area contributed by atoms with Gasteiger partial charge >= 0.3 is 6.03 Å². The molecule has 1 N–H and O–H groups in total. The summed E-state index contributed by atoms with van der Waals surface area (Å²) in [6.07, 6.45) is 9.03. The SMILES string of the molecule is CC(c1ccccn1)N(C)C(=O)NC1CCCCCC1. The number of hydrogen-bond donors (Lipinski definition) is 1. The second kappa shape index (κ2) is 7.27. The molecule has 2 rings (SSSR count). The molecule has 1 aromatic rings. The standard InChI is InChI=1S/C16H25N3O/c1-13(15-11-7-8-12-17-15)19(2)16(20)18-14-9-5-3-4-6-10-14/h7-8,11-14H,3-6,9-10H2,1-2H3,(H,18,20). The maximum atomic E-state index is 12.3. The lowest BCUT2D eigenvalue weighted by molar-refractivity contribution is 0.188. The summed E-state index contributed by atoms with van der Waals surface area (Å²) in [6, 6.07) is 6.14. The highest BCUT2D eigenvalue weighted by Gasteiger charge is 2.21. The van der Waals surface area contributed by atoms with Crippen LogP contribution in [0.4, 0.5) is 4.79 Å². The fraction of sp³-hybridized carbons (Fsp3) is 0.625. The van der Waals surface area contributed by atoms with E-state index in [9.17, 15) is 4.79 Å². The first-order valence-corrected chi connectivity index (χ1v) is 7.62. The van der Waals surface area contributed by atoms with Gasteiger partial charge in [-0.1, -0.05) is 31.7 Å². The molecule has 0 radical (unpaired) electrons. The van der Waals surface area contributed by atoms with E-state index in [1.54, 1.807) is 11.1 Å². The van der Waals surface area contributed by atoms with Gasteiger partial charge in [0.2, 0.25) is 0 Å². The van der Waals surface area contributed by atoms with Crippen LogP contribution in [-0.4, -0.2) is 29.0 Å². The Morgan fingerprint density at radius 1 is 1.30 bits per heavy atom. The quantitative estimate of drug-likeness (QED) is 0.858. The maximum absolute atomic E-state index is 12.3. The number of nitrogens with zero attached hydrogens (tertiary/aromatic N) is 2. The van der Waals surface area contributed by atoms with Gasteiger partial charge in [-0.2, -0.15) is 0 Å². The van der Waals surface area contributed by atoms with Gasteiger partial charge in [0, 0.05) is 19.3 Å². The van der Waals surface area contributed by atoms with Gasteiger partial charge in [0.05, 0.1) is 11.7 Å². The molecule has 0 bridgehead atoms. The van der Waals surface area contributed by atoms with Gasteiger partial charge in [-0.3, -0.25) is 4.98 Å². The Kier molecular flexibility index (Phi) is 5.39. The summed E-state index contributed by atoms with van der Waals surface area (Å²) in [5.41, 5.74) is 0.922. The minimum atomic E-state index is -0.0121. The van der Waals surface area contributed by atoms with E-state index >= 15 is 0 Å². The zero-order valence-electron chi connectivity index (χ0n) is 12.5. The van der Waals surface area contributed by atoms with Crippen molar-refractivity contribution in [3.05, 3.63) is 30.1 Å². The molecule has 110 valence electrons. The number of nitrogens with one attached hydrogen (secondary N) is 1. The average Bonchev–Trinajstić information content (AvgIpc) is 2.75. The molecule has 1 unspecified atom stereocenters. The zero-order valence-corrected chi connectivity index (χ0v) is 12.5. The van der Waals surface area contributed by atoms with E-state index in [4.69, 9.17) is 0 Å². The smallest absolute Gasteiger partial charge is 0.317 e. The molecule has 1 aromatic heterocycles. The third-order valence-electron chi connectivity index (χ3n) is 4.20. The lowest BCUT2D eigenvalue weighted by atomic mass is 10.1. The largest absolute Gasteiger partial charge is 0.335 e. The predicted molar refractivity (Wildman–Crippen MR) is 80.4 cm³/mol. The third kappa shape index (κ3) is 3.95. The molecule has 1 heterocycles. The van der Waals surface area contributed by atoms with Crippen molar-refractivity contribution in [3.8, 4) is 0 Å². The molecular weight excluding hydrogens is 250 g/mol. The van der Waals surface area contributed by atoms with Crippen LogP contribution in [0.5, 0.6) is 0 Å². The summed E-state index contributed by atoms with van der Waals surface area (Å²) >= 11 is 0. The first kappa shape index (κ1) is 14.8. The molecule has 1 aliphatic carbocycles. The molecule has 0 aliphatic heterocycles. The van der Waals surface area contributed by atoms with E-state index in [0.717, 1.165) is 18.5 Å². The average molecular weight is 275 g/mol. The molecular formula is C16H25N3O. The molecule has 2 amide bonds. The Bertz CT molecular complexity index is 413. The van der Waals surface area contributed by atoms with Gasteiger partial charge in [0.15, 0.2) is 0 Å². The van der Waals surface area contributed by atoms with E-state index < -0.39 is 0 Å². The van der Waals surface area contributed by atoms with E-state index in [0.29, 0.717) is 6.04 Å². The first-order chi connectivity index (χ1) is 9.68. The fourth-order valence-corrected chi connectivity index (χ4v) is 2.70. The summed E-state index contributed by atoms with van der Waals surface area (Å²) in [6.45, 7) is 2.01. The van der Waals surface area contributed by atoms with Crippen LogP contribution in [0.1, 0.15) is 57.2 Å². The van der Waals surface area contributed by atoms with Crippen LogP contribution >= 0.6 is 0 Å². The summed E-state index contributed by atoms with van der Waals surface area (Å²) in [4.78, 5) is 18.4. The van der Waals surface area contributed by atoms with Gasteiger partial charge in [0.1, 0.15) is 0 Å². The third-order valence-corrected chi connectivity index (χ3v) is 4.20. The Labute approximate surface area is 121 Å². The van der Waals surface area contributed by atoms with Gasteiger partial charge in [-0.05, 0) is 31.9 Å². The van der Waals surface area contributed by atoms with Crippen molar-refractivity contribution in [3.63, 3.8) is 0 Å². The molecule has 0 aromatic carbocycles. The van der Waals surface area contributed by atoms with Crippen molar-refractivity contribution < 1.29 is 4.79 Å². The van der Waals surface area contributed by atoms with E-state index in [1.807, 2.05) is 32.2 Å². The monoisotopic (exact) mass is 275 g/mol. The Hall–Kier alpha value is -1.58. The normalized spacial score (nSPS) is 18.1. The minimum absolute atomic E-state index is 0.00931. The van der Waals surface area contributed by atoms with Crippen LogP contribution < -0.4 is 5.32 Å². The number of urea groups is 1. The van der Waals surface area contributed by atoms with Gasteiger partial charge in [-0.15, -0.1) is 0 Å². The topological polar surface area (TPSA) is 45.2 Å². The van der Waals surface area contributed by atoms with Crippen LogP contribution in [0, 0.1) is 0 Å². The molecule has 1 atom stereocenters. The number of hydrogen-bond acceptors (Lipinski definition) is 2. The number of rotatable bonds is 3. The second-order valence-electron chi connectivity index (χ2n) is 5.68. The number of aromatic nitrogens is 1. The Morgan fingerprint density at radius 2 is 2.00 bits per heavy atom. The van der Waals surface area contributed by atoms with Crippen molar-refractivity contribution in [2.75, 3.05) is 7.05 Å². The zero-order chi connectivity index (χ0) is 14.4. The minimum Gasteiger partial charge on any atom is -0.335 e. The molecule has 0 spiro atoms. The molecule has 1 saturated carbocycles. The van der Waals surface area contributed by atoms with Crippen molar-refractivity contribution in [1.29, 1.82) is 0 Å². The Morgan fingerprint density at radius 3 is 2.60 bits per heavy atom. The van der Waals surface area contributed by atoms with E-state index in [2.05, 4.69) is 10.3 Å². The summed E-state index contributed by atoms with van der Waals surface area (Å²) in [5.74, 6) is 0. The van der Waals surface area contributed by atoms with Crippen molar-refractivity contribution in [1.82, 2.24) is 15.2 Å². The lowest BCUT2D eigenvalue weighted by Crippen LogP contribution is -2.44. The number of pyridine rings is 1. The second-order valence-corrected chi connectivity index (χ2v) is 5.68. The van der Waals surface area contributed by atoms with Crippen LogP contribution in [0.2, 0.25) is 0 Å².